The molecule has 0 saturated carbocycles. The Morgan fingerprint density at radius 1 is 0.361 bits per heavy atom. The summed E-state index contributed by atoms with van der Waals surface area (Å²) >= 11 is 0. The van der Waals surface area contributed by atoms with E-state index in [9.17, 15) is 5.26 Å². The number of hydrogen-bond acceptors (Lipinski definition) is 4. The summed E-state index contributed by atoms with van der Waals surface area (Å²) in [6, 6.07) is 75.7. The zero-order valence-electron chi connectivity index (χ0n) is 33.0. The lowest BCUT2D eigenvalue weighted by Gasteiger charge is -2.12. The summed E-state index contributed by atoms with van der Waals surface area (Å²) in [6.45, 7) is 0. The molecule has 0 fully saturated rings. The maximum atomic E-state index is 9.43. The first-order valence-corrected chi connectivity index (χ1v) is 20.4. The lowest BCUT2D eigenvalue weighted by molar-refractivity contribution is 0.673. The summed E-state index contributed by atoms with van der Waals surface area (Å²) in [4.78, 5) is 10.4. The van der Waals surface area contributed by atoms with Crippen LogP contribution in [0.2, 0.25) is 0 Å². The van der Waals surface area contributed by atoms with E-state index < -0.39 is 0 Å². The van der Waals surface area contributed by atoms with Gasteiger partial charge in [0, 0.05) is 32.8 Å². The highest BCUT2D eigenvalue weighted by Crippen LogP contribution is 2.43. The molecule has 4 nitrogen and oxygen atoms in total. The molecule has 0 N–H and O–H groups in total. The van der Waals surface area contributed by atoms with E-state index in [4.69, 9.17) is 14.4 Å². The molecule has 0 aliphatic carbocycles. The third kappa shape index (κ3) is 6.61. The van der Waals surface area contributed by atoms with Crippen LogP contribution in [0.3, 0.4) is 0 Å². The van der Waals surface area contributed by atoms with Crippen molar-refractivity contribution in [2.75, 3.05) is 0 Å². The van der Waals surface area contributed by atoms with E-state index in [2.05, 4.69) is 170 Å². The van der Waals surface area contributed by atoms with Crippen LogP contribution in [0.15, 0.2) is 217 Å². The van der Waals surface area contributed by atoms with Crippen molar-refractivity contribution in [3.8, 4) is 84.5 Å². The van der Waals surface area contributed by atoms with Crippen LogP contribution in [-0.4, -0.2) is 9.97 Å². The molecule has 2 heterocycles. The minimum absolute atomic E-state index is 0.633. The zero-order valence-corrected chi connectivity index (χ0v) is 33.0. The molecule has 0 amide bonds. The molecule has 9 aromatic carbocycles. The molecule has 11 aromatic rings. The number of nitrogens with zero attached hydrogens (tertiary/aromatic N) is 3. The first-order chi connectivity index (χ1) is 30.2. The van der Waals surface area contributed by atoms with Crippen molar-refractivity contribution in [3.63, 3.8) is 0 Å². The molecule has 0 atom stereocenters. The SMILES string of the molecule is N#Cc1ccc(-c2cccc3oc4c5ccccc5c(-c5ccc(-c6cc(-c7ccc(-c8ccccc8)cc7)nc(-c7ccc(-c8ccccc8)cc7)n6)cc5)cc4c23)cc1. The molecule has 0 spiro atoms. The minimum atomic E-state index is 0.633. The highest BCUT2D eigenvalue weighted by molar-refractivity contribution is 6.22. The Labute approximate surface area is 353 Å². The number of rotatable bonds is 7. The second-order valence-electron chi connectivity index (χ2n) is 15.2. The van der Waals surface area contributed by atoms with Crippen molar-refractivity contribution in [2.45, 2.75) is 0 Å². The molecule has 0 bridgehead atoms. The van der Waals surface area contributed by atoms with Gasteiger partial charge in [0.15, 0.2) is 5.82 Å². The number of fused-ring (bicyclic) bond motifs is 5. The average Bonchev–Trinajstić information content (AvgIpc) is 3.74. The molecule has 0 radical (unpaired) electrons. The lowest BCUT2D eigenvalue weighted by atomic mass is 9.92. The molecule has 0 aliphatic rings. The van der Waals surface area contributed by atoms with Gasteiger partial charge in [0.2, 0.25) is 0 Å². The molecule has 284 valence electrons. The number of nitriles is 1. The normalized spacial score (nSPS) is 11.3. The van der Waals surface area contributed by atoms with Crippen LogP contribution < -0.4 is 0 Å². The van der Waals surface area contributed by atoms with E-state index in [0.717, 1.165) is 94.2 Å². The van der Waals surface area contributed by atoms with Gasteiger partial charge >= 0.3 is 0 Å². The molecular formula is C57H35N3O. The quantitative estimate of drug-likeness (QED) is 0.162. The standard InChI is InChI=1S/C57H35N3O/c58-36-37-18-20-42(21-19-37)47-16-9-17-54-55(47)51-34-50(48-14-7-8-15-49(48)56(51)61-54)43-26-30-45(31-27-43)53-35-52(44-28-22-40(23-29-44)38-10-3-1-4-11-38)59-57(60-53)46-32-24-41(25-33-46)39-12-5-2-6-13-39/h1-35H. The van der Waals surface area contributed by atoms with Crippen molar-refractivity contribution >= 4 is 32.7 Å². The summed E-state index contributed by atoms with van der Waals surface area (Å²) < 4.78 is 6.63. The van der Waals surface area contributed by atoms with Crippen LogP contribution in [0.4, 0.5) is 0 Å². The van der Waals surface area contributed by atoms with Crippen molar-refractivity contribution in [2.24, 2.45) is 0 Å². The molecule has 2 aromatic heterocycles. The topological polar surface area (TPSA) is 62.7 Å². The van der Waals surface area contributed by atoms with Crippen molar-refractivity contribution in [1.29, 1.82) is 5.26 Å². The second kappa shape index (κ2) is 15.1. The molecule has 0 saturated heterocycles. The lowest BCUT2D eigenvalue weighted by Crippen LogP contribution is -1.96. The summed E-state index contributed by atoms with van der Waals surface area (Å²) in [5, 5.41) is 13.7. The van der Waals surface area contributed by atoms with Gasteiger partial charge < -0.3 is 4.42 Å². The Kier molecular flexibility index (Phi) is 8.84. The monoisotopic (exact) mass is 777 g/mol. The van der Waals surface area contributed by atoms with E-state index in [-0.39, 0.29) is 0 Å². The Morgan fingerprint density at radius 2 is 0.836 bits per heavy atom. The van der Waals surface area contributed by atoms with Crippen molar-refractivity contribution < 1.29 is 4.42 Å². The zero-order chi connectivity index (χ0) is 40.7. The molecular weight excluding hydrogens is 743 g/mol. The first-order valence-electron chi connectivity index (χ1n) is 20.4. The van der Waals surface area contributed by atoms with E-state index in [1.807, 2.05) is 48.5 Å². The molecule has 61 heavy (non-hydrogen) atoms. The van der Waals surface area contributed by atoms with E-state index >= 15 is 0 Å². The van der Waals surface area contributed by atoms with Crippen molar-refractivity contribution in [1.82, 2.24) is 9.97 Å². The van der Waals surface area contributed by atoms with Gasteiger partial charge in [0.25, 0.3) is 0 Å². The Hall–Kier alpha value is -8.39. The smallest absolute Gasteiger partial charge is 0.160 e. The molecule has 4 heteroatoms. The van der Waals surface area contributed by atoms with E-state index in [0.29, 0.717) is 11.4 Å². The Balaban J connectivity index is 1.02. The summed E-state index contributed by atoms with van der Waals surface area (Å²) in [7, 11) is 0. The summed E-state index contributed by atoms with van der Waals surface area (Å²) in [5.74, 6) is 0.671. The summed E-state index contributed by atoms with van der Waals surface area (Å²) in [6.07, 6.45) is 0. The molecule has 0 aliphatic heterocycles. The fourth-order valence-electron chi connectivity index (χ4n) is 8.45. The predicted molar refractivity (Wildman–Crippen MR) is 250 cm³/mol. The summed E-state index contributed by atoms with van der Waals surface area (Å²) in [5.41, 5.74) is 16.0. The first kappa shape index (κ1) is 35.7. The maximum Gasteiger partial charge on any atom is 0.160 e. The fraction of sp³-hybridized carbons (Fsp3) is 0. The van der Waals surface area contributed by atoms with Crippen LogP contribution in [0.5, 0.6) is 0 Å². The maximum absolute atomic E-state index is 9.43. The van der Waals surface area contributed by atoms with Crippen molar-refractivity contribution in [3.05, 3.63) is 218 Å². The Morgan fingerprint density at radius 3 is 1.43 bits per heavy atom. The number of aromatic nitrogens is 2. The fourth-order valence-corrected chi connectivity index (χ4v) is 8.45. The highest BCUT2D eigenvalue weighted by atomic mass is 16.3. The number of hydrogen-bond donors (Lipinski definition) is 0. The van der Waals surface area contributed by atoms with Crippen LogP contribution in [0.25, 0.3) is 111 Å². The highest BCUT2D eigenvalue weighted by Gasteiger charge is 2.19. The van der Waals surface area contributed by atoms with Crippen LogP contribution in [-0.2, 0) is 0 Å². The molecule has 0 unspecified atom stereocenters. The van der Waals surface area contributed by atoms with Gasteiger partial charge in [0.05, 0.1) is 23.0 Å². The van der Waals surface area contributed by atoms with Gasteiger partial charge in [-0.05, 0) is 80.2 Å². The minimum Gasteiger partial charge on any atom is -0.455 e. The van der Waals surface area contributed by atoms with Gasteiger partial charge in [-0.25, -0.2) is 9.97 Å². The number of benzene rings is 9. The van der Waals surface area contributed by atoms with Gasteiger partial charge in [-0.2, -0.15) is 5.26 Å². The van der Waals surface area contributed by atoms with Gasteiger partial charge in [0.1, 0.15) is 11.2 Å². The van der Waals surface area contributed by atoms with Gasteiger partial charge in [-0.1, -0.05) is 182 Å². The largest absolute Gasteiger partial charge is 0.455 e. The van der Waals surface area contributed by atoms with E-state index in [1.165, 1.54) is 11.1 Å². The second-order valence-corrected chi connectivity index (χ2v) is 15.2. The molecule has 11 rings (SSSR count). The van der Waals surface area contributed by atoms with Gasteiger partial charge in [-0.3, -0.25) is 0 Å². The Bertz CT molecular complexity index is 3320. The van der Waals surface area contributed by atoms with Crippen LogP contribution >= 0.6 is 0 Å². The predicted octanol–water partition coefficient (Wildman–Crippen LogP) is 15.1. The average molecular weight is 778 g/mol. The van der Waals surface area contributed by atoms with Crippen LogP contribution in [0, 0.1) is 11.3 Å². The third-order valence-electron chi connectivity index (χ3n) is 11.6. The number of furan rings is 1. The third-order valence-corrected chi connectivity index (χ3v) is 11.6. The van der Waals surface area contributed by atoms with Crippen LogP contribution in [0.1, 0.15) is 5.56 Å². The van der Waals surface area contributed by atoms with Gasteiger partial charge in [-0.15, -0.1) is 0 Å². The van der Waals surface area contributed by atoms with E-state index in [1.54, 1.807) is 0 Å².